The Morgan fingerprint density at radius 2 is 1.83 bits per heavy atom. The Morgan fingerprint density at radius 1 is 1.02 bits per heavy atom. The summed E-state index contributed by atoms with van der Waals surface area (Å²) in [6.45, 7) is 10.1. The lowest BCUT2D eigenvalue weighted by atomic mass is 9.94. The van der Waals surface area contributed by atoms with Gasteiger partial charge in [0.05, 0.1) is 24.7 Å². The first-order chi connectivity index (χ1) is 30.2. The van der Waals surface area contributed by atoms with Crippen LogP contribution in [0.15, 0.2) is 24.3 Å². The lowest BCUT2D eigenvalue weighted by molar-refractivity contribution is 0.00537. The minimum Gasteiger partial charge on any atom is -0.475 e. The van der Waals surface area contributed by atoms with E-state index in [4.69, 9.17) is 43.4 Å². The predicted molar refractivity (Wildman–Crippen MR) is 230 cm³/mol. The molecule has 2 aromatic carbocycles. The fraction of sp³-hybridized carbons (Fsp3) is 0.587. The average Bonchev–Trinajstić information content (AvgIpc) is 3.79. The molecule has 9 rings (SSSR count). The summed E-state index contributed by atoms with van der Waals surface area (Å²) in [4.78, 5) is 48.4. The van der Waals surface area contributed by atoms with Crippen LogP contribution in [0.1, 0.15) is 71.8 Å². The number of nitrogens with zero attached hydrogens (tertiary/aromatic N) is 7. The standard InChI is InChI=1S/C46H57F2N7O8/c1-8-30-32(47)13-11-26-18-29(62-25-58-7)19-31(35(26)30)38-37(48)39-36-40(54-20-27-12-14-33(34(54)22-59-41(36)49-38)55(27)44(57)63-45(2,3)4)51-42(50-39)61-24-46(15-16-46)23-53-17-9-10-28(53)21-60-43(56)52(5)6/h11,13,18-19,27-28,33-34H,8-10,12,14-17,20-25H2,1-7H3. The van der Waals surface area contributed by atoms with Gasteiger partial charge in [-0.25, -0.2) is 23.4 Å². The molecule has 1 aliphatic carbocycles. The highest BCUT2D eigenvalue weighted by Crippen LogP contribution is 2.49. The van der Waals surface area contributed by atoms with Crippen LogP contribution in [0.25, 0.3) is 32.9 Å². The number of likely N-dealkylation sites (tertiary alicyclic amines) is 1. The summed E-state index contributed by atoms with van der Waals surface area (Å²) in [6.07, 6.45) is 4.86. The van der Waals surface area contributed by atoms with Crippen LogP contribution in [0.2, 0.25) is 0 Å². The molecule has 17 heteroatoms. The van der Waals surface area contributed by atoms with E-state index in [9.17, 15) is 9.59 Å². The van der Waals surface area contributed by atoms with Gasteiger partial charge in [-0.2, -0.15) is 9.97 Å². The van der Waals surface area contributed by atoms with E-state index in [1.54, 1.807) is 32.3 Å². The van der Waals surface area contributed by atoms with Gasteiger partial charge in [0, 0.05) is 51.3 Å². The largest absolute Gasteiger partial charge is 0.475 e. The summed E-state index contributed by atoms with van der Waals surface area (Å²) >= 11 is 0. The van der Waals surface area contributed by atoms with Crippen LogP contribution in [-0.2, 0) is 20.6 Å². The summed E-state index contributed by atoms with van der Waals surface area (Å²) in [6, 6.07) is 5.73. The lowest BCUT2D eigenvalue weighted by Crippen LogP contribution is -2.63. The maximum Gasteiger partial charge on any atom is 0.410 e. The van der Waals surface area contributed by atoms with Crippen molar-refractivity contribution in [2.75, 3.05) is 72.4 Å². The Hall–Kier alpha value is -5.29. The zero-order valence-corrected chi connectivity index (χ0v) is 37.2. The Bertz CT molecular complexity index is 2430. The van der Waals surface area contributed by atoms with Gasteiger partial charge >= 0.3 is 18.2 Å². The summed E-state index contributed by atoms with van der Waals surface area (Å²) in [5.41, 5.74) is -0.288. The van der Waals surface area contributed by atoms with E-state index >= 15 is 8.78 Å². The molecule has 4 fully saturated rings. The molecule has 5 aliphatic rings. The number of halogens is 2. The molecule has 2 bridgehead atoms. The molecule has 4 aliphatic heterocycles. The van der Waals surface area contributed by atoms with E-state index in [1.807, 2.05) is 32.6 Å². The third-order valence-electron chi connectivity index (χ3n) is 13.1. The third kappa shape index (κ3) is 8.22. The number of amides is 2. The summed E-state index contributed by atoms with van der Waals surface area (Å²) in [7, 11) is 4.85. The number of fused-ring (bicyclic) bond motifs is 6. The normalized spacial score (nSPS) is 22.4. The molecule has 1 saturated carbocycles. The zero-order chi connectivity index (χ0) is 44.4. The number of aromatic nitrogens is 3. The van der Waals surface area contributed by atoms with E-state index in [0.717, 1.165) is 51.6 Å². The maximum atomic E-state index is 17.8. The van der Waals surface area contributed by atoms with Crippen LogP contribution < -0.4 is 19.1 Å². The van der Waals surface area contributed by atoms with Gasteiger partial charge in [0.2, 0.25) is 5.88 Å². The Kier molecular flexibility index (Phi) is 11.4. The van der Waals surface area contributed by atoms with Crippen LogP contribution in [0.3, 0.4) is 0 Å². The van der Waals surface area contributed by atoms with Gasteiger partial charge in [0.15, 0.2) is 12.6 Å². The maximum absolute atomic E-state index is 17.8. The van der Waals surface area contributed by atoms with Crippen molar-refractivity contribution in [1.29, 1.82) is 0 Å². The summed E-state index contributed by atoms with van der Waals surface area (Å²) in [5, 5.41) is 1.43. The zero-order valence-electron chi connectivity index (χ0n) is 37.2. The first-order valence-corrected chi connectivity index (χ1v) is 22.1. The van der Waals surface area contributed by atoms with Gasteiger partial charge in [-0.15, -0.1) is 0 Å². The second kappa shape index (κ2) is 16.7. The highest BCUT2D eigenvalue weighted by Gasteiger charge is 2.52. The number of methoxy groups -OCH3 is 1. The summed E-state index contributed by atoms with van der Waals surface area (Å²) < 4.78 is 69.0. The molecular formula is C46H57F2N7O8. The fourth-order valence-corrected chi connectivity index (χ4v) is 9.90. The van der Waals surface area contributed by atoms with Crippen molar-refractivity contribution >= 4 is 39.7 Å². The number of ether oxygens (including phenoxy) is 6. The second-order valence-electron chi connectivity index (χ2n) is 18.9. The van der Waals surface area contributed by atoms with Gasteiger partial charge in [-0.3, -0.25) is 9.80 Å². The van der Waals surface area contributed by atoms with Gasteiger partial charge in [-0.1, -0.05) is 13.0 Å². The minimum absolute atomic E-state index is 0.00792. The average molecular weight is 874 g/mol. The first kappa shape index (κ1) is 43.0. The quantitative estimate of drug-likeness (QED) is 0.131. The van der Waals surface area contributed by atoms with E-state index < -0.39 is 17.2 Å². The Morgan fingerprint density at radius 3 is 2.56 bits per heavy atom. The van der Waals surface area contributed by atoms with E-state index in [1.165, 1.54) is 18.1 Å². The topological polar surface area (TPSA) is 141 Å². The summed E-state index contributed by atoms with van der Waals surface area (Å²) in [5.74, 6) is -0.241. The second-order valence-corrected chi connectivity index (χ2v) is 18.9. The van der Waals surface area contributed by atoms with Crippen molar-refractivity contribution in [3.8, 4) is 28.9 Å². The van der Waals surface area contributed by atoms with Crippen LogP contribution in [0, 0.1) is 17.0 Å². The Balaban J connectivity index is 1.12. The molecule has 4 aromatic rings. The number of aryl methyl sites for hydroxylation is 1. The van der Waals surface area contributed by atoms with Gasteiger partial charge in [0.25, 0.3) is 0 Å². The van der Waals surface area contributed by atoms with Crippen molar-refractivity contribution in [3.05, 3.63) is 41.5 Å². The van der Waals surface area contributed by atoms with Crippen LogP contribution in [0.4, 0.5) is 24.2 Å². The molecule has 3 saturated heterocycles. The van der Waals surface area contributed by atoms with Crippen LogP contribution in [0.5, 0.6) is 17.6 Å². The number of rotatable bonds is 12. The van der Waals surface area contributed by atoms with Crippen LogP contribution in [-0.4, -0.2) is 139 Å². The van der Waals surface area contributed by atoms with Gasteiger partial charge in [-0.05, 0) is 107 Å². The monoisotopic (exact) mass is 873 g/mol. The molecular weight excluding hydrogens is 817 g/mol. The minimum atomic E-state index is -0.746. The third-order valence-corrected chi connectivity index (χ3v) is 13.1. The fourth-order valence-electron chi connectivity index (χ4n) is 9.90. The molecule has 15 nitrogen and oxygen atoms in total. The van der Waals surface area contributed by atoms with Gasteiger partial charge in [0.1, 0.15) is 52.8 Å². The van der Waals surface area contributed by atoms with E-state index in [2.05, 4.69) is 9.80 Å². The van der Waals surface area contributed by atoms with Crippen molar-refractivity contribution in [2.45, 2.75) is 102 Å². The molecule has 338 valence electrons. The van der Waals surface area contributed by atoms with E-state index in [0.29, 0.717) is 65.0 Å². The molecule has 6 heterocycles. The number of benzene rings is 2. The lowest BCUT2D eigenvalue weighted by Gasteiger charge is -2.46. The SMILES string of the molecule is CCc1c(F)ccc2cc(OCOC)cc(-c3nc4c5c(nc(OCC6(CN7CCCC7COC(=O)N(C)C)CC6)nc5c3F)N3CC5CCC(C3CO4)N5C(=O)OC(C)(C)C)c12. The molecule has 4 atom stereocenters. The molecule has 63 heavy (non-hydrogen) atoms. The molecule has 2 amide bonds. The van der Waals surface area contributed by atoms with Gasteiger partial charge < -0.3 is 38.2 Å². The molecule has 0 N–H and O–H groups in total. The molecule has 4 unspecified atom stereocenters. The molecule has 0 radical (unpaired) electrons. The van der Waals surface area contributed by atoms with Crippen molar-refractivity contribution < 1.29 is 46.8 Å². The number of carbonyl (C=O) groups is 2. The number of piperazine rings is 1. The number of hydrogen-bond acceptors (Lipinski definition) is 13. The highest BCUT2D eigenvalue weighted by atomic mass is 19.1. The van der Waals surface area contributed by atoms with E-state index in [-0.39, 0.29) is 78.3 Å². The first-order valence-electron chi connectivity index (χ1n) is 22.1. The smallest absolute Gasteiger partial charge is 0.410 e. The molecule has 2 aromatic heterocycles. The highest BCUT2D eigenvalue weighted by molar-refractivity contribution is 6.03. The Labute approximate surface area is 365 Å². The van der Waals surface area contributed by atoms with Crippen LogP contribution >= 0.6 is 0 Å². The number of carbonyl (C=O) groups excluding carboxylic acids is 2. The number of hydrogen-bond donors (Lipinski definition) is 0. The molecule has 0 spiro atoms. The number of anilines is 1. The van der Waals surface area contributed by atoms with Crippen molar-refractivity contribution in [1.82, 2.24) is 29.7 Å². The van der Waals surface area contributed by atoms with Crippen molar-refractivity contribution in [3.63, 3.8) is 0 Å². The van der Waals surface area contributed by atoms with Crippen molar-refractivity contribution in [2.24, 2.45) is 5.41 Å². The number of pyridine rings is 1. The predicted octanol–water partition coefficient (Wildman–Crippen LogP) is 7.34.